The maximum absolute atomic E-state index is 5.96. The lowest BCUT2D eigenvalue weighted by molar-refractivity contribution is 0.105. The molecule has 0 bridgehead atoms. The smallest absolute Gasteiger partial charge is 0.191 e. The highest BCUT2D eigenvalue weighted by Gasteiger charge is 2.14. The summed E-state index contributed by atoms with van der Waals surface area (Å²) >= 11 is 5.96. The maximum atomic E-state index is 5.96. The molecular weight excluding hydrogens is 401 g/mol. The molecule has 4 nitrogen and oxygen atoms in total. The summed E-state index contributed by atoms with van der Waals surface area (Å²) in [6, 6.07) is 7.82. The number of hydrogen-bond acceptors (Lipinski definition) is 2. The van der Waals surface area contributed by atoms with E-state index in [0.29, 0.717) is 12.6 Å². The summed E-state index contributed by atoms with van der Waals surface area (Å²) in [7, 11) is 1.78. The lowest BCUT2D eigenvalue weighted by Crippen LogP contribution is -2.38. The molecule has 1 aliphatic rings. The first-order chi connectivity index (χ1) is 9.78. The van der Waals surface area contributed by atoms with Gasteiger partial charge in [-0.25, -0.2) is 0 Å². The predicted octanol–water partition coefficient (Wildman–Crippen LogP) is 3.19. The van der Waals surface area contributed by atoms with Gasteiger partial charge >= 0.3 is 0 Å². The Balaban J connectivity index is 0.00000220. The van der Waals surface area contributed by atoms with Gasteiger partial charge in [0.15, 0.2) is 5.96 Å². The fourth-order valence-corrected chi connectivity index (χ4v) is 2.49. The first-order valence-corrected chi connectivity index (χ1v) is 7.46. The quantitative estimate of drug-likeness (QED) is 0.434. The zero-order chi connectivity index (χ0) is 14.2. The van der Waals surface area contributed by atoms with Crippen LogP contribution in [0.25, 0.3) is 0 Å². The molecule has 1 saturated heterocycles. The van der Waals surface area contributed by atoms with Crippen molar-refractivity contribution in [2.45, 2.75) is 31.9 Å². The van der Waals surface area contributed by atoms with E-state index in [-0.39, 0.29) is 24.0 Å². The van der Waals surface area contributed by atoms with Crippen molar-refractivity contribution in [2.24, 2.45) is 4.99 Å². The van der Waals surface area contributed by atoms with E-state index in [2.05, 4.69) is 15.6 Å². The van der Waals surface area contributed by atoms with E-state index in [1.807, 2.05) is 24.3 Å². The van der Waals surface area contributed by atoms with E-state index in [1.54, 1.807) is 7.05 Å². The van der Waals surface area contributed by atoms with Crippen molar-refractivity contribution in [1.82, 2.24) is 10.6 Å². The van der Waals surface area contributed by atoms with Crippen molar-refractivity contribution < 1.29 is 4.74 Å². The van der Waals surface area contributed by atoms with Gasteiger partial charge in [-0.3, -0.25) is 4.99 Å². The Morgan fingerprint density at radius 3 is 2.95 bits per heavy atom. The molecule has 2 rings (SSSR count). The third kappa shape index (κ3) is 6.84. The van der Waals surface area contributed by atoms with Crippen molar-refractivity contribution in [3.8, 4) is 0 Å². The van der Waals surface area contributed by atoms with Gasteiger partial charge in [-0.1, -0.05) is 23.7 Å². The van der Waals surface area contributed by atoms with Gasteiger partial charge in [0.2, 0.25) is 0 Å². The van der Waals surface area contributed by atoms with E-state index < -0.39 is 0 Å². The van der Waals surface area contributed by atoms with Gasteiger partial charge in [0.1, 0.15) is 0 Å². The molecule has 0 radical (unpaired) electrons. The molecule has 0 aliphatic carbocycles. The third-order valence-electron chi connectivity index (χ3n) is 3.36. The molecule has 1 aromatic rings. The van der Waals surface area contributed by atoms with E-state index in [4.69, 9.17) is 16.3 Å². The summed E-state index contributed by atoms with van der Waals surface area (Å²) in [5, 5.41) is 7.34. The first-order valence-electron chi connectivity index (χ1n) is 7.08. The van der Waals surface area contributed by atoms with Crippen LogP contribution >= 0.6 is 35.6 Å². The Kier molecular flexibility index (Phi) is 9.03. The SMILES string of the molecule is CN=C(NCCC1CCCO1)NCc1cccc(Cl)c1.I. The molecule has 0 amide bonds. The highest BCUT2D eigenvalue weighted by atomic mass is 127. The summed E-state index contributed by atoms with van der Waals surface area (Å²) in [4.78, 5) is 4.21. The minimum absolute atomic E-state index is 0. The largest absolute Gasteiger partial charge is 0.378 e. The number of hydrogen-bond donors (Lipinski definition) is 2. The molecule has 1 atom stereocenters. The lowest BCUT2D eigenvalue weighted by atomic mass is 10.2. The van der Waals surface area contributed by atoms with Crippen molar-refractivity contribution in [3.05, 3.63) is 34.9 Å². The minimum Gasteiger partial charge on any atom is -0.378 e. The van der Waals surface area contributed by atoms with Crippen LogP contribution in [0.4, 0.5) is 0 Å². The number of guanidine groups is 1. The summed E-state index contributed by atoms with van der Waals surface area (Å²) in [6.45, 7) is 2.49. The molecule has 0 aromatic heterocycles. The van der Waals surface area contributed by atoms with Gasteiger partial charge in [0.05, 0.1) is 6.10 Å². The Labute approximate surface area is 148 Å². The molecule has 1 fully saturated rings. The number of nitrogens with one attached hydrogen (secondary N) is 2. The Bertz CT molecular complexity index is 450. The fraction of sp³-hybridized carbons (Fsp3) is 0.533. The number of ether oxygens (including phenoxy) is 1. The molecule has 21 heavy (non-hydrogen) atoms. The molecule has 1 unspecified atom stereocenters. The van der Waals surface area contributed by atoms with Crippen LogP contribution in [0.1, 0.15) is 24.8 Å². The number of rotatable bonds is 5. The Morgan fingerprint density at radius 2 is 2.29 bits per heavy atom. The monoisotopic (exact) mass is 423 g/mol. The number of halogens is 2. The topological polar surface area (TPSA) is 45.7 Å². The Morgan fingerprint density at radius 1 is 1.43 bits per heavy atom. The highest BCUT2D eigenvalue weighted by molar-refractivity contribution is 14.0. The van der Waals surface area contributed by atoms with E-state index in [1.165, 1.54) is 12.8 Å². The fourth-order valence-electron chi connectivity index (χ4n) is 2.28. The van der Waals surface area contributed by atoms with Gasteiger partial charge in [0.25, 0.3) is 0 Å². The van der Waals surface area contributed by atoms with Crippen LogP contribution in [-0.4, -0.2) is 32.3 Å². The number of aliphatic imine (C=N–C) groups is 1. The molecule has 1 heterocycles. The van der Waals surface area contributed by atoms with Crippen LogP contribution in [0, 0.1) is 0 Å². The van der Waals surface area contributed by atoms with E-state index in [0.717, 1.165) is 36.1 Å². The second kappa shape index (κ2) is 10.2. The average molecular weight is 424 g/mol. The van der Waals surface area contributed by atoms with Gasteiger partial charge in [-0.2, -0.15) is 0 Å². The van der Waals surface area contributed by atoms with E-state index in [9.17, 15) is 0 Å². The maximum Gasteiger partial charge on any atom is 0.191 e. The van der Waals surface area contributed by atoms with E-state index >= 15 is 0 Å². The molecule has 6 heteroatoms. The molecule has 0 spiro atoms. The minimum atomic E-state index is 0. The van der Waals surface area contributed by atoms with Crippen molar-refractivity contribution in [2.75, 3.05) is 20.2 Å². The predicted molar refractivity (Wildman–Crippen MR) is 98.7 cm³/mol. The van der Waals surface area contributed by atoms with Crippen molar-refractivity contribution in [1.29, 1.82) is 0 Å². The normalized spacial score (nSPS) is 18.2. The van der Waals surface area contributed by atoms with Gasteiger partial charge in [-0.15, -0.1) is 24.0 Å². The van der Waals surface area contributed by atoms with Crippen LogP contribution in [0.15, 0.2) is 29.3 Å². The number of nitrogens with zero attached hydrogens (tertiary/aromatic N) is 1. The van der Waals surface area contributed by atoms with Crippen LogP contribution in [0.3, 0.4) is 0 Å². The van der Waals surface area contributed by atoms with Crippen LogP contribution < -0.4 is 10.6 Å². The molecular formula is C15H23ClIN3O. The molecule has 0 saturated carbocycles. The molecule has 118 valence electrons. The zero-order valence-corrected chi connectivity index (χ0v) is 15.4. The second-order valence-corrected chi connectivity index (χ2v) is 5.34. The number of benzene rings is 1. The van der Waals surface area contributed by atoms with Gasteiger partial charge in [0, 0.05) is 31.8 Å². The Hall–Kier alpha value is -0.530. The van der Waals surface area contributed by atoms with Gasteiger partial charge < -0.3 is 15.4 Å². The molecule has 1 aliphatic heterocycles. The van der Waals surface area contributed by atoms with Gasteiger partial charge in [-0.05, 0) is 37.0 Å². The standard InChI is InChI=1S/C15H22ClN3O.HI/c1-17-15(18-8-7-14-6-3-9-20-14)19-11-12-4-2-5-13(16)10-12;/h2,4-5,10,14H,3,6-9,11H2,1H3,(H2,17,18,19);1H. The summed E-state index contributed by atoms with van der Waals surface area (Å²) in [5.41, 5.74) is 1.14. The second-order valence-electron chi connectivity index (χ2n) is 4.91. The van der Waals surface area contributed by atoms with Crippen LogP contribution in [0.5, 0.6) is 0 Å². The summed E-state index contributed by atoms with van der Waals surface area (Å²) in [6.07, 6.45) is 3.80. The lowest BCUT2D eigenvalue weighted by Gasteiger charge is -2.14. The summed E-state index contributed by atoms with van der Waals surface area (Å²) < 4.78 is 5.60. The average Bonchev–Trinajstić information content (AvgIpc) is 2.96. The molecule has 1 aromatic carbocycles. The third-order valence-corrected chi connectivity index (χ3v) is 3.59. The van der Waals surface area contributed by atoms with Crippen LogP contribution in [0.2, 0.25) is 5.02 Å². The van der Waals surface area contributed by atoms with Crippen LogP contribution in [-0.2, 0) is 11.3 Å². The molecule has 2 N–H and O–H groups in total. The highest BCUT2D eigenvalue weighted by Crippen LogP contribution is 2.14. The zero-order valence-electron chi connectivity index (χ0n) is 12.3. The van der Waals surface area contributed by atoms with Crippen molar-refractivity contribution in [3.63, 3.8) is 0 Å². The van der Waals surface area contributed by atoms with Crippen molar-refractivity contribution >= 4 is 41.5 Å². The summed E-state index contributed by atoms with van der Waals surface area (Å²) in [5.74, 6) is 0.808. The first kappa shape index (κ1) is 18.5.